The second kappa shape index (κ2) is 10.4. The van der Waals surface area contributed by atoms with Crippen molar-refractivity contribution in [2.24, 2.45) is 0 Å². The average Bonchev–Trinajstić information content (AvgIpc) is 3.08. The Morgan fingerprint density at radius 2 is 1.90 bits per heavy atom. The van der Waals surface area contributed by atoms with Gasteiger partial charge in [0.1, 0.15) is 22.6 Å². The van der Waals surface area contributed by atoms with E-state index in [1.807, 2.05) is 24.8 Å². The summed E-state index contributed by atoms with van der Waals surface area (Å²) >= 11 is 0.875. The topological polar surface area (TPSA) is 149 Å². The fraction of sp³-hybridized carbons (Fsp3) is 0.350. The van der Waals surface area contributed by atoms with Crippen LogP contribution < -0.4 is 10.6 Å². The van der Waals surface area contributed by atoms with Gasteiger partial charge in [-0.2, -0.15) is 5.26 Å². The quantitative estimate of drug-likeness (QED) is 0.347. The van der Waals surface area contributed by atoms with Gasteiger partial charge in [0, 0.05) is 30.8 Å². The fourth-order valence-electron chi connectivity index (χ4n) is 2.96. The molecule has 0 radical (unpaired) electrons. The van der Waals surface area contributed by atoms with Crippen LogP contribution in [0.2, 0.25) is 0 Å². The van der Waals surface area contributed by atoms with Gasteiger partial charge in [-0.05, 0) is 26.8 Å². The summed E-state index contributed by atoms with van der Waals surface area (Å²) in [7, 11) is 0. The van der Waals surface area contributed by atoms with E-state index in [0.717, 1.165) is 17.4 Å². The molecule has 164 valence electrons. The van der Waals surface area contributed by atoms with Crippen molar-refractivity contribution in [2.75, 3.05) is 30.3 Å². The zero-order valence-corrected chi connectivity index (χ0v) is 18.2. The molecule has 1 heterocycles. The molecule has 0 bridgehead atoms. The Kier molecular flexibility index (Phi) is 7.93. The number of anilines is 2. The van der Waals surface area contributed by atoms with Gasteiger partial charge < -0.3 is 20.1 Å². The largest absolute Gasteiger partial charge is 0.462 e. The number of nitrogens with zero attached hydrogens (tertiary/aromatic N) is 3. The van der Waals surface area contributed by atoms with Crippen molar-refractivity contribution in [3.05, 3.63) is 49.9 Å². The number of rotatable bonds is 9. The zero-order valence-electron chi connectivity index (χ0n) is 17.3. The number of benzene rings is 1. The molecular formula is C20H22N4O6S. The number of hydrogen-bond acceptors (Lipinski definition) is 10. The highest BCUT2D eigenvalue weighted by molar-refractivity contribution is 7.18. The van der Waals surface area contributed by atoms with Gasteiger partial charge in [0.2, 0.25) is 0 Å². The first-order valence-electron chi connectivity index (χ1n) is 9.47. The first-order chi connectivity index (χ1) is 14.8. The van der Waals surface area contributed by atoms with E-state index >= 15 is 0 Å². The standard InChI is InChI=1S/C20H22N4O6S/c1-4-23(5-2)16-8-7-12(24(27)28)9-13(16)19(25)30-11-15-14(10-21)18(22)31-17(15)20(26)29-6-3/h7-9H,4-6,11,22H2,1-3H3. The number of thiophene rings is 1. The number of esters is 2. The maximum absolute atomic E-state index is 12.9. The first-order valence-corrected chi connectivity index (χ1v) is 10.3. The van der Waals surface area contributed by atoms with Crippen molar-refractivity contribution in [1.82, 2.24) is 0 Å². The lowest BCUT2D eigenvalue weighted by molar-refractivity contribution is -0.384. The summed E-state index contributed by atoms with van der Waals surface area (Å²) in [5, 5.41) is 20.7. The molecule has 1 aromatic carbocycles. The molecule has 0 aliphatic carbocycles. The van der Waals surface area contributed by atoms with Crippen LogP contribution in [0.5, 0.6) is 0 Å². The second-order valence-corrected chi connectivity index (χ2v) is 7.24. The van der Waals surface area contributed by atoms with Gasteiger partial charge in [-0.25, -0.2) is 9.59 Å². The van der Waals surface area contributed by atoms with Crippen LogP contribution in [-0.2, 0) is 16.1 Å². The number of nitro groups is 1. The van der Waals surface area contributed by atoms with Crippen LogP contribution in [0.4, 0.5) is 16.4 Å². The molecule has 10 nitrogen and oxygen atoms in total. The summed E-state index contributed by atoms with van der Waals surface area (Å²) in [5.41, 5.74) is 6.24. The Bertz CT molecular complexity index is 1040. The molecule has 11 heteroatoms. The Balaban J connectivity index is 2.41. The van der Waals surface area contributed by atoms with E-state index in [4.69, 9.17) is 15.2 Å². The van der Waals surface area contributed by atoms with Crippen LogP contribution >= 0.6 is 11.3 Å². The Morgan fingerprint density at radius 3 is 2.45 bits per heavy atom. The Morgan fingerprint density at radius 1 is 1.23 bits per heavy atom. The molecule has 0 saturated carbocycles. The van der Waals surface area contributed by atoms with Crippen molar-refractivity contribution in [3.63, 3.8) is 0 Å². The van der Waals surface area contributed by atoms with Crippen molar-refractivity contribution in [3.8, 4) is 6.07 Å². The molecule has 0 fully saturated rings. The van der Waals surface area contributed by atoms with Gasteiger partial charge in [-0.1, -0.05) is 0 Å². The molecule has 0 spiro atoms. The van der Waals surface area contributed by atoms with Gasteiger partial charge in [-0.3, -0.25) is 10.1 Å². The number of nitro benzene ring substituents is 1. The minimum atomic E-state index is -0.825. The number of nitrogens with two attached hydrogens (primary N) is 1. The van der Waals surface area contributed by atoms with Crippen LogP contribution in [0.15, 0.2) is 18.2 Å². The molecule has 1 aromatic heterocycles. The minimum Gasteiger partial charge on any atom is -0.462 e. The zero-order chi connectivity index (χ0) is 23.1. The second-order valence-electron chi connectivity index (χ2n) is 6.19. The van der Waals surface area contributed by atoms with Gasteiger partial charge >= 0.3 is 11.9 Å². The number of carbonyl (C=O) groups is 2. The molecule has 0 aliphatic heterocycles. The molecule has 0 unspecified atom stereocenters. The number of ether oxygens (including phenoxy) is 2. The fourth-order valence-corrected chi connectivity index (χ4v) is 3.88. The van der Waals surface area contributed by atoms with Gasteiger partial charge in [-0.15, -0.1) is 11.3 Å². The lowest BCUT2D eigenvalue weighted by atomic mass is 10.1. The van der Waals surface area contributed by atoms with E-state index in [0.29, 0.717) is 18.8 Å². The molecule has 31 heavy (non-hydrogen) atoms. The van der Waals surface area contributed by atoms with Gasteiger partial charge in [0.15, 0.2) is 0 Å². The highest BCUT2D eigenvalue weighted by Crippen LogP contribution is 2.33. The summed E-state index contributed by atoms with van der Waals surface area (Å²) < 4.78 is 10.3. The van der Waals surface area contributed by atoms with Crippen LogP contribution in [0.25, 0.3) is 0 Å². The van der Waals surface area contributed by atoms with Crippen LogP contribution in [-0.4, -0.2) is 36.6 Å². The third-order valence-corrected chi connectivity index (χ3v) is 5.51. The maximum Gasteiger partial charge on any atom is 0.348 e. The number of nitriles is 1. The molecule has 0 saturated heterocycles. The van der Waals surface area contributed by atoms with E-state index in [1.165, 1.54) is 12.1 Å². The highest BCUT2D eigenvalue weighted by Gasteiger charge is 2.26. The predicted octanol–water partition coefficient (Wildman–Crippen LogP) is 3.49. The summed E-state index contributed by atoms with van der Waals surface area (Å²) in [4.78, 5) is 37.6. The van der Waals surface area contributed by atoms with Gasteiger partial charge in [0.25, 0.3) is 5.69 Å². The Labute approximate surface area is 182 Å². The smallest absolute Gasteiger partial charge is 0.348 e. The SMILES string of the molecule is CCOC(=O)c1sc(N)c(C#N)c1COC(=O)c1cc([N+](=O)[O-])ccc1N(CC)CC. The molecule has 0 atom stereocenters. The lowest BCUT2D eigenvalue weighted by Crippen LogP contribution is -2.24. The molecule has 2 aromatic rings. The first kappa shape index (κ1) is 23.6. The van der Waals surface area contributed by atoms with Crippen molar-refractivity contribution >= 4 is 39.7 Å². The normalized spacial score (nSPS) is 10.3. The van der Waals surface area contributed by atoms with E-state index < -0.39 is 23.5 Å². The third-order valence-electron chi connectivity index (χ3n) is 4.47. The number of carbonyl (C=O) groups excluding carboxylic acids is 2. The molecule has 2 rings (SSSR count). The minimum absolute atomic E-state index is 0.0114. The molecule has 0 aliphatic rings. The van der Waals surface area contributed by atoms with E-state index in [-0.39, 0.29) is 38.9 Å². The Hall–Kier alpha value is -3.65. The summed E-state index contributed by atoms with van der Waals surface area (Å²) in [6.07, 6.45) is 0. The summed E-state index contributed by atoms with van der Waals surface area (Å²) in [5.74, 6) is -1.50. The predicted molar refractivity (Wildman–Crippen MR) is 115 cm³/mol. The van der Waals surface area contributed by atoms with Crippen LogP contribution in [0.3, 0.4) is 0 Å². The van der Waals surface area contributed by atoms with E-state index in [9.17, 15) is 25.0 Å². The average molecular weight is 446 g/mol. The van der Waals surface area contributed by atoms with Crippen LogP contribution in [0.1, 0.15) is 51.9 Å². The summed E-state index contributed by atoms with van der Waals surface area (Å²) in [6, 6.07) is 5.86. The third kappa shape index (κ3) is 5.10. The lowest BCUT2D eigenvalue weighted by Gasteiger charge is -2.23. The molecular weight excluding hydrogens is 424 g/mol. The number of nitrogen functional groups attached to an aromatic ring is 1. The van der Waals surface area contributed by atoms with E-state index in [2.05, 4.69) is 0 Å². The van der Waals surface area contributed by atoms with Crippen molar-refractivity contribution < 1.29 is 24.0 Å². The van der Waals surface area contributed by atoms with Crippen LogP contribution in [0, 0.1) is 21.4 Å². The molecule has 2 N–H and O–H groups in total. The maximum atomic E-state index is 12.9. The summed E-state index contributed by atoms with van der Waals surface area (Å²) in [6.45, 7) is 6.26. The van der Waals surface area contributed by atoms with E-state index in [1.54, 1.807) is 6.92 Å². The number of non-ortho nitro benzene ring substituents is 1. The monoisotopic (exact) mass is 446 g/mol. The highest BCUT2D eigenvalue weighted by atomic mass is 32.1. The van der Waals surface area contributed by atoms with Gasteiger partial charge in [0.05, 0.1) is 28.3 Å². The van der Waals surface area contributed by atoms with Crippen molar-refractivity contribution in [1.29, 1.82) is 5.26 Å². The number of hydrogen-bond donors (Lipinski definition) is 1. The van der Waals surface area contributed by atoms with Crippen molar-refractivity contribution in [2.45, 2.75) is 27.4 Å². The molecule has 0 amide bonds.